The average molecular weight is 360 g/mol. The first kappa shape index (κ1) is 19.8. The first-order chi connectivity index (χ1) is 12.6. The molecule has 0 radical (unpaired) electrons. The van der Waals surface area contributed by atoms with E-state index in [-0.39, 0.29) is 5.97 Å². The first-order valence-corrected chi connectivity index (χ1v) is 9.25. The van der Waals surface area contributed by atoms with Gasteiger partial charge in [-0.25, -0.2) is 4.79 Å². The van der Waals surface area contributed by atoms with Gasteiger partial charge in [-0.1, -0.05) is 0 Å². The maximum atomic E-state index is 12.5. The Kier molecular flexibility index (Phi) is 7.06. The molecule has 0 aliphatic rings. The number of benzene rings is 1. The van der Waals surface area contributed by atoms with Gasteiger partial charge in [-0.3, -0.25) is 4.98 Å². The van der Waals surface area contributed by atoms with Crippen LogP contribution in [0.2, 0.25) is 0 Å². The van der Waals surface area contributed by atoms with Crippen molar-refractivity contribution in [1.29, 1.82) is 0 Å². The fourth-order valence-electron chi connectivity index (χ4n) is 2.96. The molecule has 0 fully saturated rings. The predicted molar refractivity (Wildman–Crippen MR) is 104 cm³/mol. The van der Waals surface area contributed by atoms with Crippen LogP contribution >= 0.6 is 0 Å². The Bertz CT molecular complexity index is 757. The summed E-state index contributed by atoms with van der Waals surface area (Å²) in [5.41, 5.74) is 2.05. The molecule has 2 rings (SSSR count). The Hall–Kier alpha value is -2.50. The first-order valence-electron chi connectivity index (χ1n) is 9.25. The lowest BCUT2D eigenvalue weighted by Crippen LogP contribution is -2.25. The van der Waals surface area contributed by atoms with Crippen molar-refractivity contribution in [3.8, 4) is 11.5 Å². The summed E-state index contributed by atoms with van der Waals surface area (Å²) < 4.78 is 16.7. The van der Waals surface area contributed by atoms with Crippen molar-refractivity contribution in [1.82, 2.24) is 4.98 Å². The average Bonchev–Trinajstić information content (AvgIpc) is 2.64. The number of rotatable bonds is 9. The van der Waals surface area contributed by atoms with Crippen molar-refractivity contribution < 1.29 is 19.0 Å². The van der Waals surface area contributed by atoms with Crippen LogP contribution in [-0.2, 0) is 4.74 Å². The van der Waals surface area contributed by atoms with Crippen molar-refractivity contribution >= 4 is 22.6 Å². The van der Waals surface area contributed by atoms with E-state index in [9.17, 15) is 4.79 Å². The largest absolute Gasteiger partial charge is 0.490 e. The summed E-state index contributed by atoms with van der Waals surface area (Å²) in [6.07, 6.45) is 1.59. The van der Waals surface area contributed by atoms with Gasteiger partial charge in [0.25, 0.3) is 0 Å². The molecule has 0 atom stereocenters. The third-order valence-electron chi connectivity index (χ3n) is 4.08. The van der Waals surface area contributed by atoms with E-state index >= 15 is 0 Å². The second-order valence-electron chi connectivity index (χ2n) is 5.60. The number of fused-ring (bicyclic) bond motifs is 1. The van der Waals surface area contributed by atoms with Gasteiger partial charge >= 0.3 is 5.97 Å². The van der Waals surface area contributed by atoms with Crippen molar-refractivity contribution in [2.75, 3.05) is 37.8 Å². The third-order valence-corrected chi connectivity index (χ3v) is 4.08. The van der Waals surface area contributed by atoms with Crippen molar-refractivity contribution in [3.63, 3.8) is 0 Å². The molecule has 26 heavy (non-hydrogen) atoms. The van der Waals surface area contributed by atoms with E-state index in [0.717, 1.165) is 29.7 Å². The molecule has 1 aromatic heterocycles. The van der Waals surface area contributed by atoms with Crippen molar-refractivity contribution in [2.45, 2.75) is 34.6 Å². The minimum atomic E-state index is -0.365. The molecule has 0 spiro atoms. The normalized spacial score (nSPS) is 10.7. The highest BCUT2D eigenvalue weighted by atomic mass is 16.5. The summed E-state index contributed by atoms with van der Waals surface area (Å²) in [6, 6.07) is 3.78. The zero-order chi connectivity index (χ0) is 19.1. The molecule has 0 unspecified atom stereocenters. The maximum Gasteiger partial charge on any atom is 0.341 e. The van der Waals surface area contributed by atoms with Crippen LogP contribution in [0, 0.1) is 0 Å². The van der Waals surface area contributed by atoms with Crippen LogP contribution in [0.25, 0.3) is 10.9 Å². The number of pyridine rings is 1. The van der Waals surface area contributed by atoms with Crippen LogP contribution in [-0.4, -0.2) is 43.9 Å². The molecule has 142 valence electrons. The van der Waals surface area contributed by atoms with Gasteiger partial charge in [0.2, 0.25) is 0 Å². The zero-order valence-electron chi connectivity index (χ0n) is 16.3. The standard InChI is InChI=1S/C20H28N2O4/c1-6-22(7-2)19-14-11-17(24-8-3)18(25-9-4)12-16(14)21-13-15(19)20(23)26-10-5/h11-13H,6-10H2,1-5H3. The van der Waals surface area contributed by atoms with Crippen LogP contribution in [0.1, 0.15) is 45.0 Å². The molecule has 1 aromatic carbocycles. The molecule has 0 aliphatic heterocycles. The van der Waals surface area contributed by atoms with E-state index in [1.165, 1.54) is 0 Å². The highest BCUT2D eigenvalue weighted by molar-refractivity contribution is 6.06. The Morgan fingerprint density at radius 2 is 1.58 bits per heavy atom. The number of hydrogen-bond acceptors (Lipinski definition) is 6. The Morgan fingerprint density at radius 1 is 0.962 bits per heavy atom. The number of nitrogens with zero attached hydrogens (tertiary/aromatic N) is 2. The van der Waals surface area contributed by atoms with Crippen molar-refractivity contribution in [3.05, 3.63) is 23.9 Å². The minimum Gasteiger partial charge on any atom is -0.490 e. The maximum absolute atomic E-state index is 12.5. The van der Waals surface area contributed by atoms with Gasteiger partial charge in [-0.05, 0) is 40.7 Å². The van der Waals surface area contributed by atoms with E-state index in [2.05, 4.69) is 23.7 Å². The van der Waals surface area contributed by atoms with E-state index in [1.807, 2.05) is 26.0 Å². The number of carbonyl (C=O) groups excluding carboxylic acids is 1. The summed E-state index contributed by atoms with van der Waals surface area (Å²) in [5, 5.41) is 0.853. The molecule has 0 N–H and O–H groups in total. The van der Waals surface area contributed by atoms with Crippen LogP contribution in [0.3, 0.4) is 0 Å². The molecule has 6 nitrogen and oxygen atoms in total. The van der Waals surface area contributed by atoms with Crippen LogP contribution < -0.4 is 14.4 Å². The lowest BCUT2D eigenvalue weighted by molar-refractivity contribution is 0.0527. The Labute approximate surface area is 155 Å². The van der Waals surface area contributed by atoms with E-state index < -0.39 is 0 Å². The number of anilines is 1. The fraction of sp³-hybridized carbons (Fsp3) is 0.500. The summed E-state index contributed by atoms with van der Waals surface area (Å²) >= 11 is 0. The van der Waals surface area contributed by atoms with Crippen LogP contribution in [0.4, 0.5) is 5.69 Å². The monoisotopic (exact) mass is 360 g/mol. The summed E-state index contributed by atoms with van der Waals surface area (Å²) in [7, 11) is 0. The summed E-state index contributed by atoms with van der Waals surface area (Å²) in [4.78, 5) is 19.1. The number of aromatic nitrogens is 1. The van der Waals surface area contributed by atoms with Gasteiger partial charge < -0.3 is 19.1 Å². The Morgan fingerprint density at radius 3 is 2.12 bits per heavy atom. The van der Waals surface area contributed by atoms with Gasteiger partial charge in [0.1, 0.15) is 5.56 Å². The summed E-state index contributed by atoms with van der Waals surface area (Å²) in [5.74, 6) is 0.942. The zero-order valence-corrected chi connectivity index (χ0v) is 16.3. The number of hydrogen-bond donors (Lipinski definition) is 0. The van der Waals surface area contributed by atoms with Crippen molar-refractivity contribution in [2.24, 2.45) is 0 Å². The molecule has 0 amide bonds. The molecule has 0 aliphatic carbocycles. The molecule has 0 bridgehead atoms. The van der Waals surface area contributed by atoms with Crippen LogP contribution in [0.5, 0.6) is 11.5 Å². The highest BCUT2D eigenvalue weighted by Gasteiger charge is 2.22. The minimum absolute atomic E-state index is 0.321. The van der Waals surface area contributed by atoms with E-state index in [4.69, 9.17) is 14.2 Å². The van der Waals surface area contributed by atoms with Gasteiger partial charge in [-0.15, -0.1) is 0 Å². The molecule has 0 saturated heterocycles. The quantitative estimate of drug-likeness (QED) is 0.629. The van der Waals surface area contributed by atoms with Gasteiger partial charge in [-0.2, -0.15) is 0 Å². The highest BCUT2D eigenvalue weighted by Crippen LogP contribution is 2.38. The topological polar surface area (TPSA) is 60.9 Å². The molecular weight excluding hydrogens is 332 g/mol. The molecule has 2 aromatic rings. The Balaban J connectivity index is 2.76. The lowest BCUT2D eigenvalue weighted by atomic mass is 10.1. The van der Waals surface area contributed by atoms with Gasteiger partial charge in [0.05, 0.1) is 31.0 Å². The second-order valence-corrected chi connectivity index (χ2v) is 5.60. The molecule has 1 heterocycles. The third kappa shape index (κ3) is 4.00. The molecule has 0 saturated carbocycles. The number of esters is 1. The predicted octanol–water partition coefficient (Wildman–Crippen LogP) is 4.06. The molecular formula is C20H28N2O4. The van der Waals surface area contributed by atoms with Gasteiger partial charge in [0, 0.05) is 30.7 Å². The van der Waals surface area contributed by atoms with Gasteiger partial charge in [0.15, 0.2) is 11.5 Å². The lowest BCUT2D eigenvalue weighted by Gasteiger charge is -2.25. The second kappa shape index (κ2) is 9.27. The number of ether oxygens (including phenoxy) is 3. The SMILES string of the molecule is CCOC(=O)c1cnc2cc(OCC)c(OCC)cc2c1N(CC)CC. The molecule has 6 heteroatoms. The van der Waals surface area contributed by atoms with E-state index in [1.54, 1.807) is 13.1 Å². The summed E-state index contributed by atoms with van der Waals surface area (Å²) in [6.45, 7) is 12.7. The van der Waals surface area contributed by atoms with E-state index in [0.29, 0.717) is 36.9 Å². The van der Waals surface area contributed by atoms with Crippen LogP contribution in [0.15, 0.2) is 18.3 Å². The number of carbonyl (C=O) groups is 1. The smallest absolute Gasteiger partial charge is 0.341 e. The fourth-order valence-corrected chi connectivity index (χ4v) is 2.96.